The van der Waals surface area contributed by atoms with Crippen LogP contribution in [0.2, 0.25) is 10.0 Å². The molecule has 2 atom stereocenters. The van der Waals surface area contributed by atoms with Gasteiger partial charge in [-0.05, 0) is 30.0 Å². The topological polar surface area (TPSA) is 84.2 Å². The quantitative estimate of drug-likeness (QED) is 0.709. The van der Waals surface area contributed by atoms with Crippen LogP contribution in [0.1, 0.15) is 25.8 Å². The number of carbonyl (C=O) groups is 2. The molecule has 1 aromatic rings. The van der Waals surface area contributed by atoms with Gasteiger partial charge in [0.1, 0.15) is 6.04 Å². The highest BCUT2D eigenvalue weighted by Gasteiger charge is 2.24. The van der Waals surface area contributed by atoms with E-state index >= 15 is 0 Å². The maximum absolute atomic E-state index is 12.2. The number of primary amides is 1. The largest absolute Gasteiger partial charge is 0.354 e. The Morgan fingerprint density at radius 2 is 2.00 bits per heavy atom. The van der Waals surface area contributed by atoms with Crippen LogP contribution in [0, 0.1) is 5.92 Å². The predicted molar refractivity (Wildman–Crippen MR) is 89.1 cm³/mol. The molecule has 7 heteroatoms. The molecule has 0 heterocycles. The smallest absolute Gasteiger partial charge is 0.312 e. The first-order valence-electron chi connectivity index (χ1n) is 7.12. The molecule has 22 heavy (non-hydrogen) atoms. The van der Waals surface area contributed by atoms with E-state index in [0.717, 1.165) is 12.0 Å². The Bertz CT molecular complexity index is 538. The van der Waals surface area contributed by atoms with E-state index in [0.29, 0.717) is 23.0 Å². The summed E-state index contributed by atoms with van der Waals surface area (Å²) in [6.45, 7) is 4.24. The normalized spacial score (nSPS) is 13.3. The van der Waals surface area contributed by atoms with Gasteiger partial charge in [-0.3, -0.25) is 4.79 Å². The van der Waals surface area contributed by atoms with Crippen molar-refractivity contribution in [3.63, 3.8) is 0 Å². The van der Waals surface area contributed by atoms with Gasteiger partial charge in [0.05, 0.1) is 0 Å². The third-order valence-electron chi connectivity index (χ3n) is 3.50. The molecule has 0 aromatic heterocycles. The Morgan fingerprint density at radius 3 is 2.55 bits per heavy atom. The first-order chi connectivity index (χ1) is 10.3. The number of carbonyl (C=O) groups excluding carboxylic acids is 2. The molecule has 0 spiro atoms. The van der Waals surface area contributed by atoms with E-state index in [1.807, 2.05) is 19.9 Å². The van der Waals surface area contributed by atoms with Crippen LogP contribution in [0.5, 0.6) is 0 Å². The van der Waals surface area contributed by atoms with Gasteiger partial charge in [0.2, 0.25) is 5.91 Å². The first-order valence-corrected chi connectivity index (χ1v) is 7.88. The van der Waals surface area contributed by atoms with Crippen LogP contribution in [0.25, 0.3) is 0 Å². The summed E-state index contributed by atoms with van der Waals surface area (Å²) in [5.41, 5.74) is 6.01. The monoisotopic (exact) mass is 345 g/mol. The van der Waals surface area contributed by atoms with Crippen LogP contribution < -0.4 is 16.4 Å². The second kappa shape index (κ2) is 8.86. The van der Waals surface area contributed by atoms with Gasteiger partial charge < -0.3 is 16.4 Å². The molecule has 122 valence electrons. The van der Waals surface area contributed by atoms with Crippen LogP contribution in [0.15, 0.2) is 18.2 Å². The molecule has 0 saturated carbocycles. The maximum Gasteiger partial charge on any atom is 0.312 e. The fourth-order valence-electron chi connectivity index (χ4n) is 2.01. The molecular formula is C15H21Cl2N3O2. The van der Waals surface area contributed by atoms with E-state index in [1.165, 1.54) is 0 Å². The Balaban J connectivity index is 2.57. The molecule has 4 N–H and O–H groups in total. The summed E-state index contributed by atoms with van der Waals surface area (Å²) >= 11 is 11.9. The Hall–Kier alpha value is -1.46. The van der Waals surface area contributed by atoms with Crippen molar-refractivity contribution in [1.29, 1.82) is 0 Å². The van der Waals surface area contributed by atoms with Crippen molar-refractivity contribution in [2.45, 2.75) is 32.7 Å². The van der Waals surface area contributed by atoms with Gasteiger partial charge in [0.15, 0.2) is 0 Å². The molecule has 0 aliphatic carbocycles. The molecule has 3 amide bonds. The number of nitrogens with two attached hydrogens (primary N) is 1. The third kappa shape index (κ3) is 5.73. The molecule has 0 radical (unpaired) electrons. The second-order valence-electron chi connectivity index (χ2n) is 5.15. The van der Waals surface area contributed by atoms with Crippen molar-refractivity contribution in [2.24, 2.45) is 11.7 Å². The van der Waals surface area contributed by atoms with E-state index < -0.39 is 12.1 Å². The Morgan fingerprint density at radius 1 is 1.32 bits per heavy atom. The van der Waals surface area contributed by atoms with E-state index in [-0.39, 0.29) is 11.8 Å². The van der Waals surface area contributed by atoms with Gasteiger partial charge in [-0.1, -0.05) is 49.5 Å². The van der Waals surface area contributed by atoms with Crippen LogP contribution in [-0.4, -0.2) is 24.5 Å². The molecule has 0 bridgehead atoms. The average molecular weight is 346 g/mol. The lowest BCUT2D eigenvalue weighted by molar-refractivity contribution is -0.124. The van der Waals surface area contributed by atoms with Crippen molar-refractivity contribution in [3.8, 4) is 0 Å². The van der Waals surface area contributed by atoms with E-state index in [2.05, 4.69) is 10.6 Å². The molecular weight excluding hydrogens is 325 g/mol. The zero-order valence-corrected chi connectivity index (χ0v) is 14.2. The predicted octanol–water partition coefficient (Wildman–Crippen LogP) is 2.74. The fourth-order valence-corrected chi connectivity index (χ4v) is 2.51. The van der Waals surface area contributed by atoms with Crippen molar-refractivity contribution < 1.29 is 9.59 Å². The van der Waals surface area contributed by atoms with Crippen molar-refractivity contribution in [2.75, 3.05) is 6.54 Å². The number of amides is 3. The number of benzene rings is 1. The van der Waals surface area contributed by atoms with Crippen LogP contribution in [0.4, 0.5) is 4.79 Å². The van der Waals surface area contributed by atoms with E-state index in [9.17, 15) is 9.59 Å². The minimum atomic E-state index is -0.707. The second-order valence-corrected chi connectivity index (χ2v) is 5.99. The van der Waals surface area contributed by atoms with Gasteiger partial charge in [-0.2, -0.15) is 0 Å². The lowest BCUT2D eigenvalue weighted by Crippen LogP contribution is -2.52. The zero-order chi connectivity index (χ0) is 16.7. The van der Waals surface area contributed by atoms with Crippen LogP contribution in [0.3, 0.4) is 0 Å². The SMILES string of the molecule is CC[C@@H](C)[C@H](NC(N)=O)C(=O)NCCc1ccc(Cl)cc1Cl. The summed E-state index contributed by atoms with van der Waals surface area (Å²) in [4.78, 5) is 23.2. The highest BCUT2D eigenvalue weighted by Crippen LogP contribution is 2.21. The number of rotatable bonds is 7. The molecule has 0 unspecified atom stereocenters. The van der Waals surface area contributed by atoms with E-state index in [4.69, 9.17) is 28.9 Å². The summed E-state index contributed by atoms with van der Waals surface area (Å²) in [5.74, 6) is -0.259. The standard InChI is InChI=1S/C15H21Cl2N3O2/c1-3-9(2)13(20-15(18)22)14(21)19-7-6-10-4-5-11(16)8-12(10)17/h4-5,8-9,13H,3,6-7H2,1-2H3,(H,19,21)(H3,18,20,22)/t9-,13+/m1/s1. The molecule has 5 nitrogen and oxygen atoms in total. The summed E-state index contributed by atoms with van der Waals surface area (Å²) in [7, 11) is 0. The van der Waals surface area contributed by atoms with Crippen LogP contribution in [-0.2, 0) is 11.2 Å². The number of halogens is 2. The number of hydrogen-bond donors (Lipinski definition) is 3. The fraction of sp³-hybridized carbons (Fsp3) is 0.467. The molecule has 0 aliphatic rings. The van der Waals surface area contributed by atoms with Crippen molar-refractivity contribution in [3.05, 3.63) is 33.8 Å². The van der Waals surface area contributed by atoms with Gasteiger partial charge >= 0.3 is 6.03 Å². The Labute approximate surface area is 140 Å². The lowest BCUT2D eigenvalue weighted by Gasteiger charge is -2.22. The highest BCUT2D eigenvalue weighted by molar-refractivity contribution is 6.35. The molecule has 1 rings (SSSR count). The van der Waals surface area contributed by atoms with Gasteiger partial charge in [0.25, 0.3) is 0 Å². The number of nitrogens with one attached hydrogen (secondary N) is 2. The highest BCUT2D eigenvalue weighted by atomic mass is 35.5. The Kier molecular flexibility index (Phi) is 7.48. The minimum absolute atomic E-state index is 0.00776. The molecule has 0 fully saturated rings. The molecule has 1 aromatic carbocycles. The van der Waals surface area contributed by atoms with Gasteiger partial charge in [-0.25, -0.2) is 4.79 Å². The summed E-state index contributed by atoms with van der Waals surface area (Å²) < 4.78 is 0. The summed E-state index contributed by atoms with van der Waals surface area (Å²) in [5, 5.41) is 6.41. The average Bonchev–Trinajstić information content (AvgIpc) is 2.45. The number of urea groups is 1. The van der Waals surface area contributed by atoms with Gasteiger partial charge in [0, 0.05) is 16.6 Å². The summed E-state index contributed by atoms with van der Waals surface area (Å²) in [6, 6.07) is 3.90. The first kappa shape index (κ1) is 18.6. The molecule has 0 aliphatic heterocycles. The zero-order valence-electron chi connectivity index (χ0n) is 12.7. The maximum atomic E-state index is 12.2. The summed E-state index contributed by atoms with van der Waals surface area (Å²) in [6.07, 6.45) is 1.33. The van der Waals surface area contributed by atoms with E-state index in [1.54, 1.807) is 12.1 Å². The van der Waals surface area contributed by atoms with Crippen molar-refractivity contribution in [1.82, 2.24) is 10.6 Å². The minimum Gasteiger partial charge on any atom is -0.354 e. The van der Waals surface area contributed by atoms with Crippen LogP contribution >= 0.6 is 23.2 Å². The number of hydrogen-bond acceptors (Lipinski definition) is 2. The van der Waals surface area contributed by atoms with Gasteiger partial charge in [-0.15, -0.1) is 0 Å². The van der Waals surface area contributed by atoms with Crippen molar-refractivity contribution >= 4 is 35.1 Å². The third-order valence-corrected chi connectivity index (χ3v) is 4.09. The molecule has 0 saturated heterocycles. The lowest BCUT2D eigenvalue weighted by atomic mass is 9.98.